The fraction of sp³-hybridized carbons (Fsp3) is 0.300. The number of rotatable bonds is 9. The number of hydrogen-bond acceptors (Lipinski definition) is 5. The van der Waals surface area contributed by atoms with Crippen LogP contribution in [0, 0.1) is 0 Å². The van der Waals surface area contributed by atoms with Crippen molar-refractivity contribution < 1.29 is 9.90 Å². The molecular formula is C20H22Br2ClN5O2. The number of fused-ring (bicyclic) bond motifs is 1. The largest absolute Gasteiger partial charge is 0.506 e. The number of benzene rings is 2. The van der Waals surface area contributed by atoms with E-state index >= 15 is 0 Å². The van der Waals surface area contributed by atoms with E-state index in [1.807, 2.05) is 24.3 Å². The number of aromatic amines is 1. The number of carbonyl (C=O) groups excluding carboxylic acids is 1. The maximum Gasteiger partial charge on any atom is 0.255 e. The summed E-state index contributed by atoms with van der Waals surface area (Å²) < 4.78 is 1.11. The molecular weight excluding hydrogens is 538 g/mol. The highest BCUT2D eigenvalue weighted by atomic mass is 79.9. The molecule has 1 aromatic heterocycles. The molecule has 6 N–H and O–H groups in total. The molecule has 0 saturated carbocycles. The molecule has 1 unspecified atom stereocenters. The first-order valence-corrected chi connectivity index (χ1v) is 11.5. The van der Waals surface area contributed by atoms with Crippen LogP contribution in [0.1, 0.15) is 35.1 Å². The quantitative estimate of drug-likeness (QED) is 0.153. The molecule has 0 fully saturated rings. The van der Waals surface area contributed by atoms with Gasteiger partial charge in [0.1, 0.15) is 11.6 Å². The minimum atomic E-state index is -0.398. The fourth-order valence-corrected chi connectivity index (χ4v) is 4.37. The van der Waals surface area contributed by atoms with E-state index in [9.17, 15) is 9.90 Å². The first-order chi connectivity index (χ1) is 14.4. The van der Waals surface area contributed by atoms with Gasteiger partial charge in [-0.3, -0.25) is 4.79 Å². The molecule has 2 atom stereocenters. The van der Waals surface area contributed by atoms with Gasteiger partial charge in [-0.05, 0) is 59.6 Å². The zero-order valence-corrected chi connectivity index (χ0v) is 19.9. The third-order valence-corrected chi connectivity index (χ3v) is 5.95. The molecule has 0 aliphatic heterocycles. The Hall–Kier alpha value is -1.65. The van der Waals surface area contributed by atoms with Crippen molar-refractivity contribution in [3.8, 4) is 5.75 Å². The number of H-pyrrole nitrogens is 1. The maximum absolute atomic E-state index is 12.9. The Labute approximate surface area is 196 Å². The van der Waals surface area contributed by atoms with Crippen LogP contribution in [0.2, 0.25) is 0 Å². The van der Waals surface area contributed by atoms with Crippen LogP contribution >= 0.6 is 43.5 Å². The lowest BCUT2D eigenvalue weighted by atomic mass is 10.1. The number of aromatic hydroxyl groups is 1. The van der Waals surface area contributed by atoms with Gasteiger partial charge in [0.2, 0.25) is 0 Å². The second kappa shape index (κ2) is 10.6. The number of nitrogens with two attached hydrogens (primary N) is 1. The third kappa shape index (κ3) is 5.73. The number of phenolic OH excluding ortho intramolecular Hbond substituents is 1. The van der Waals surface area contributed by atoms with E-state index in [1.165, 1.54) is 0 Å². The average Bonchev–Trinajstić information content (AvgIpc) is 3.16. The van der Waals surface area contributed by atoms with Crippen LogP contribution in [0.25, 0.3) is 11.0 Å². The Morgan fingerprint density at radius 3 is 2.80 bits per heavy atom. The van der Waals surface area contributed by atoms with Crippen molar-refractivity contribution in [1.82, 2.24) is 20.6 Å². The van der Waals surface area contributed by atoms with Gasteiger partial charge in [0.15, 0.2) is 0 Å². The molecule has 1 heterocycles. The second-order valence-corrected chi connectivity index (χ2v) is 8.88. The number of phenols is 1. The molecule has 3 aromatic rings. The Morgan fingerprint density at radius 2 is 2.07 bits per heavy atom. The molecule has 0 saturated heterocycles. The normalized spacial score (nSPS) is 13.3. The molecule has 3 rings (SSSR count). The van der Waals surface area contributed by atoms with Gasteiger partial charge in [-0.2, -0.15) is 0 Å². The Kier molecular flexibility index (Phi) is 8.13. The minimum absolute atomic E-state index is 0.117. The summed E-state index contributed by atoms with van der Waals surface area (Å²) in [6.07, 6.45) is 1.08. The van der Waals surface area contributed by atoms with Gasteiger partial charge in [0.05, 0.1) is 39.2 Å². The number of para-hydroxylation sites is 2. The summed E-state index contributed by atoms with van der Waals surface area (Å²) in [5, 5.41) is 16.4. The van der Waals surface area contributed by atoms with E-state index in [2.05, 4.69) is 52.5 Å². The second-order valence-electron chi connectivity index (χ2n) is 6.81. The molecule has 160 valence electrons. The smallest absolute Gasteiger partial charge is 0.255 e. The van der Waals surface area contributed by atoms with Crippen LogP contribution in [-0.2, 0) is 0 Å². The van der Waals surface area contributed by atoms with Gasteiger partial charge in [-0.15, -0.1) is 11.6 Å². The minimum Gasteiger partial charge on any atom is -0.506 e. The SMILES string of the molecule is NC(CCl)NCCC[C@H](NC(=O)c1cc(Br)cc(Br)c1O)c1nc2ccccc2[nH]1. The lowest BCUT2D eigenvalue weighted by molar-refractivity contribution is 0.0929. The number of carbonyl (C=O) groups is 1. The summed E-state index contributed by atoms with van der Waals surface area (Å²) in [6, 6.07) is 10.5. The van der Waals surface area contributed by atoms with Crippen molar-refractivity contribution in [3.63, 3.8) is 0 Å². The van der Waals surface area contributed by atoms with E-state index in [-0.39, 0.29) is 23.5 Å². The molecule has 0 aliphatic rings. The molecule has 1 amide bonds. The van der Waals surface area contributed by atoms with E-state index in [4.69, 9.17) is 17.3 Å². The van der Waals surface area contributed by atoms with Crippen LogP contribution in [-0.4, -0.2) is 39.6 Å². The molecule has 0 bridgehead atoms. The van der Waals surface area contributed by atoms with E-state index in [1.54, 1.807) is 12.1 Å². The van der Waals surface area contributed by atoms with Crippen molar-refractivity contribution >= 4 is 60.4 Å². The van der Waals surface area contributed by atoms with Crippen LogP contribution < -0.4 is 16.4 Å². The van der Waals surface area contributed by atoms with Crippen molar-refractivity contribution in [2.75, 3.05) is 12.4 Å². The predicted octanol–water partition coefficient (Wildman–Crippen LogP) is 4.16. The van der Waals surface area contributed by atoms with Gasteiger partial charge in [-0.25, -0.2) is 4.98 Å². The maximum atomic E-state index is 12.9. The number of amides is 1. The molecule has 0 radical (unpaired) electrons. The predicted molar refractivity (Wildman–Crippen MR) is 126 cm³/mol. The van der Waals surface area contributed by atoms with Crippen LogP contribution in [0.4, 0.5) is 0 Å². The number of nitrogens with zero attached hydrogens (tertiary/aromatic N) is 1. The van der Waals surface area contributed by atoms with Gasteiger partial charge < -0.3 is 26.5 Å². The number of alkyl halides is 1. The molecule has 7 nitrogen and oxygen atoms in total. The summed E-state index contributed by atoms with van der Waals surface area (Å²) in [6.45, 7) is 0.647. The highest BCUT2D eigenvalue weighted by Crippen LogP contribution is 2.32. The number of hydrogen-bond donors (Lipinski definition) is 5. The number of halogens is 3. The van der Waals surface area contributed by atoms with E-state index < -0.39 is 5.91 Å². The zero-order valence-electron chi connectivity index (χ0n) is 16.0. The van der Waals surface area contributed by atoms with Crippen LogP contribution in [0.3, 0.4) is 0 Å². The third-order valence-electron chi connectivity index (χ3n) is 4.56. The Morgan fingerprint density at radius 1 is 1.30 bits per heavy atom. The van der Waals surface area contributed by atoms with Crippen LogP contribution in [0.15, 0.2) is 45.3 Å². The average molecular weight is 560 g/mol. The number of aromatic nitrogens is 2. The Bertz CT molecular complexity index is 997. The van der Waals surface area contributed by atoms with Crippen molar-refractivity contribution in [3.05, 3.63) is 56.7 Å². The first-order valence-electron chi connectivity index (χ1n) is 9.37. The van der Waals surface area contributed by atoms with Gasteiger partial charge in [0, 0.05) is 4.47 Å². The highest BCUT2D eigenvalue weighted by molar-refractivity contribution is 9.11. The topological polar surface area (TPSA) is 116 Å². The Balaban J connectivity index is 1.81. The van der Waals surface area contributed by atoms with Gasteiger partial charge in [0.25, 0.3) is 5.91 Å². The molecule has 0 aliphatic carbocycles. The zero-order chi connectivity index (χ0) is 21.7. The molecule has 10 heteroatoms. The van der Waals surface area contributed by atoms with Gasteiger partial charge >= 0.3 is 0 Å². The summed E-state index contributed by atoms with van der Waals surface area (Å²) in [5.74, 6) is 0.458. The van der Waals surface area contributed by atoms with Crippen molar-refractivity contribution in [1.29, 1.82) is 0 Å². The highest BCUT2D eigenvalue weighted by Gasteiger charge is 2.22. The molecule has 0 spiro atoms. The fourth-order valence-electron chi connectivity index (χ4n) is 3.04. The summed E-state index contributed by atoms with van der Waals surface area (Å²) >= 11 is 12.3. The lowest BCUT2D eigenvalue weighted by Gasteiger charge is -2.18. The lowest BCUT2D eigenvalue weighted by Crippen LogP contribution is -2.39. The van der Waals surface area contributed by atoms with E-state index in [0.717, 1.165) is 17.5 Å². The molecule has 2 aromatic carbocycles. The van der Waals surface area contributed by atoms with Crippen LogP contribution in [0.5, 0.6) is 5.75 Å². The number of nitrogens with one attached hydrogen (secondary N) is 3. The first kappa shape index (κ1) is 23.0. The number of imidazole rings is 1. The molecule has 30 heavy (non-hydrogen) atoms. The van der Waals surface area contributed by atoms with Gasteiger partial charge in [-0.1, -0.05) is 28.1 Å². The summed E-state index contributed by atoms with van der Waals surface area (Å²) in [4.78, 5) is 20.9. The summed E-state index contributed by atoms with van der Waals surface area (Å²) in [5.41, 5.74) is 7.66. The monoisotopic (exact) mass is 557 g/mol. The van der Waals surface area contributed by atoms with Crippen molar-refractivity contribution in [2.24, 2.45) is 5.73 Å². The standard InChI is InChI=1S/C20H22Br2ClN5O2/c21-11-8-12(18(29)13(22)9-11)20(30)28-16(6-3-7-25-17(24)10-23)19-26-14-4-1-2-5-15(14)27-19/h1-2,4-5,8-9,16-17,25,29H,3,6-7,10,24H2,(H,26,27)(H,28,30)/t16-,17?/m0/s1. The van der Waals surface area contributed by atoms with E-state index in [0.29, 0.717) is 33.6 Å². The van der Waals surface area contributed by atoms with Crippen molar-refractivity contribution in [2.45, 2.75) is 25.0 Å². The summed E-state index contributed by atoms with van der Waals surface area (Å²) in [7, 11) is 0.